The first-order chi connectivity index (χ1) is 10.8. The van der Waals surface area contributed by atoms with Gasteiger partial charge in [-0.1, -0.05) is 24.2 Å². The highest BCUT2D eigenvalue weighted by molar-refractivity contribution is 7.98. The lowest BCUT2D eigenvalue weighted by Gasteiger charge is -2.05. The topological polar surface area (TPSA) is 48.0 Å². The van der Waals surface area contributed by atoms with E-state index < -0.39 is 0 Å². The zero-order valence-electron chi connectivity index (χ0n) is 12.7. The van der Waals surface area contributed by atoms with E-state index in [4.69, 9.17) is 4.98 Å². The zero-order chi connectivity index (χ0) is 14.9. The SMILES string of the molecule is Cc1cccn2cc(CSc3nnc4n3CCCCC4)nc12. The molecule has 3 aromatic rings. The second-order valence-corrected chi connectivity index (χ2v) is 6.75. The molecule has 0 aliphatic carbocycles. The van der Waals surface area contributed by atoms with E-state index in [-0.39, 0.29) is 0 Å². The fourth-order valence-electron chi connectivity index (χ4n) is 2.98. The molecule has 0 saturated heterocycles. The van der Waals surface area contributed by atoms with Crippen LogP contribution in [-0.2, 0) is 18.7 Å². The Hall–Kier alpha value is -1.82. The minimum absolute atomic E-state index is 0.833. The minimum atomic E-state index is 0.833. The third-order valence-electron chi connectivity index (χ3n) is 4.15. The number of nitrogens with zero attached hydrogens (tertiary/aromatic N) is 5. The highest BCUT2D eigenvalue weighted by Gasteiger charge is 2.15. The maximum Gasteiger partial charge on any atom is 0.191 e. The maximum atomic E-state index is 4.73. The molecule has 0 spiro atoms. The van der Waals surface area contributed by atoms with Gasteiger partial charge in [0.15, 0.2) is 5.16 Å². The lowest BCUT2D eigenvalue weighted by Crippen LogP contribution is -2.02. The Morgan fingerprint density at radius 1 is 1.23 bits per heavy atom. The summed E-state index contributed by atoms with van der Waals surface area (Å²) in [6.45, 7) is 3.15. The summed E-state index contributed by atoms with van der Waals surface area (Å²) in [6.07, 6.45) is 8.96. The van der Waals surface area contributed by atoms with Crippen LogP contribution in [0, 0.1) is 6.92 Å². The van der Waals surface area contributed by atoms with Crippen LogP contribution in [0.25, 0.3) is 5.65 Å². The molecule has 0 fully saturated rings. The van der Waals surface area contributed by atoms with Gasteiger partial charge >= 0.3 is 0 Å². The second-order valence-electron chi connectivity index (χ2n) is 5.80. The van der Waals surface area contributed by atoms with Crippen LogP contribution in [0.1, 0.15) is 36.3 Å². The number of thioether (sulfide) groups is 1. The molecule has 0 atom stereocenters. The summed E-state index contributed by atoms with van der Waals surface area (Å²) in [4.78, 5) is 4.73. The van der Waals surface area contributed by atoms with Crippen molar-refractivity contribution in [3.63, 3.8) is 0 Å². The van der Waals surface area contributed by atoms with E-state index in [9.17, 15) is 0 Å². The van der Waals surface area contributed by atoms with Crippen molar-refractivity contribution in [1.29, 1.82) is 0 Å². The Balaban J connectivity index is 1.54. The molecule has 0 N–H and O–H groups in total. The van der Waals surface area contributed by atoms with Gasteiger partial charge in [-0.25, -0.2) is 4.98 Å². The number of hydrogen-bond acceptors (Lipinski definition) is 4. The molecule has 0 amide bonds. The molecule has 4 heterocycles. The van der Waals surface area contributed by atoms with Gasteiger partial charge in [0.05, 0.1) is 5.69 Å². The van der Waals surface area contributed by atoms with Gasteiger partial charge in [0.25, 0.3) is 0 Å². The summed E-state index contributed by atoms with van der Waals surface area (Å²) in [5, 5.41) is 9.75. The first-order valence-corrected chi connectivity index (χ1v) is 8.78. The van der Waals surface area contributed by atoms with Crippen molar-refractivity contribution in [3.05, 3.63) is 41.6 Å². The second kappa shape index (κ2) is 5.76. The molecule has 3 aromatic heterocycles. The van der Waals surface area contributed by atoms with E-state index in [1.807, 2.05) is 6.20 Å². The molecule has 0 radical (unpaired) electrons. The molecule has 5 nitrogen and oxygen atoms in total. The van der Waals surface area contributed by atoms with Crippen LogP contribution in [0.3, 0.4) is 0 Å². The van der Waals surface area contributed by atoms with Gasteiger partial charge in [-0.3, -0.25) is 0 Å². The van der Waals surface area contributed by atoms with Crippen molar-refractivity contribution in [2.75, 3.05) is 0 Å². The van der Waals surface area contributed by atoms with Crippen molar-refractivity contribution in [1.82, 2.24) is 24.1 Å². The number of aryl methyl sites for hydroxylation is 2. The van der Waals surface area contributed by atoms with Crippen molar-refractivity contribution in [2.45, 2.75) is 50.1 Å². The standard InChI is InChI=1S/C16H19N5S/c1-12-6-5-8-20-10-13(17-15(12)20)11-22-16-19-18-14-7-3-2-4-9-21(14)16/h5-6,8,10H,2-4,7,9,11H2,1H3. The van der Waals surface area contributed by atoms with Crippen LogP contribution in [0.2, 0.25) is 0 Å². The fraction of sp³-hybridized carbons (Fsp3) is 0.438. The van der Waals surface area contributed by atoms with E-state index in [0.717, 1.165) is 41.0 Å². The molecule has 1 aliphatic rings. The van der Waals surface area contributed by atoms with Gasteiger partial charge in [-0.15, -0.1) is 10.2 Å². The lowest BCUT2D eigenvalue weighted by atomic mass is 10.2. The van der Waals surface area contributed by atoms with Crippen molar-refractivity contribution >= 4 is 17.4 Å². The first kappa shape index (κ1) is 13.8. The van der Waals surface area contributed by atoms with Gasteiger partial charge in [0.1, 0.15) is 11.5 Å². The summed E-state index contributed by atoms with van der Waals surface area (Å²) in [7, 11) is 0. The molecular formula is C16H19N5S. The zero-order valence-corrected chi connectivity index (χ0v) is 13.5. The van der Waals surface area contributed by atoms with Gasteiger partial charge < -0.3 is 8.97 Å². The van der Waals surface area contributed by atoms with Crippen LogP contribution >= 0.6 is 11.8 Å². The monoisotopic (exact) mass is 313 g/mol. The van der Waals surface area contributed by atoms with Gasteiger partial charge in [-0.2, -0.15) is 0 Å². The lowest BCUT2D eigenvalue weighted by molar-refractivity contribution is 0.591. The molecule has 1 aliphatic heterocycles. The number of fused-ring (bicyclic) bond motifs is 2. The van der Waals surface area contributed by atoms with Crippen molar-refractivity contribution in [2.24, 2.45) is 0 Å². The number of hydrogen-bond donors (Lipinski definition) is 0. The fourth-order valence-corrected chi connectivity index (χ4v) is 3.84. The quantitative estimate of drug-likeness (QED) is 0.696. The Labute approximate surface area is 133 Å². The first-order valence-electron chi connectivity index (χ1n) is 7.79. The average molecular weight is 313 g/mol. The highest BCUT2D eigenvalue weighted by atomic mass is 32.2. The largest absolute Gasteiger partial charge is 0.307 e. The Morgan fingerprint density at radius 2 is 2.18 bits per heavy atom. The summed E-state index contributed by atoms with van der Waals surface area (Å²) in [5.74, 6) is 1.98. The van der Waals surface area contributed by atoms with Crippen LogP contribution in [0.4, 0.5) is 0 Å². The number of imidazole rings is 1. The molecular weight excluding hydrogens is 294 g/mol. The van der Waals surface area contributed by atoms with E-state index in [1.54, 1.807) is 11.8 Å². The summed E-state index contributed by atoms with van der Waals surface area (Å²) >= 11 is 1.74. The Bertz CT molecular complexity index is 804. The molecule has 0 bridgehead atoms. The summed E-state index contributed by atoms with van der Waals surface area (Å²) < 4.78 is 4.38. The van der Waals surface area contributed by atoms with E-state index >= 15 is 0 Å². The van der Waals surface area contributed by atoms with Crippen molar-refractivity contribution < 1.29 is 0 Å². The predicted octanol–water partition coefficient (Wildman–Crippen LogP) is 3.25. The molecule has 0 unspecified atom stereocenters. The van der Waals surface area contributed by atoms with Gasteiger partial charge in [0, 0.05) is 31.1 Å². The van der Waals surface area contributed by atoms with E-state index in [1.165, 1.54) is 24.8 Å². The Morgan fingerprint density at radius 3 is 3.09 bits per heavy atom. The summed E-state index contributed by atoms with van der Waals surface area (Å²) in [5.41, 5.74) is 3.33. The van der Waals surface area contributed by atoms with Crippen molar-refractivity contribution in [3.8, 4) is 0 Å². The van der Waals surface area contributed by atoms with Crippen LogP contribution in [0.15, 0.2) is 29.7 Å². The van der Waals surface area contributed by atoms with E-state index in [2.05, 4.69) is 44.4 Å². The van der Waals surface area contributed by atoms with Crippen LogP contribution in [-0.4, -0.2) is 24.1 Å². The molecule has 4 rings (SSSR count). The van der Waals surface area contributed by atoms with Crippen LogP contribution in [0.5, 0.6) is 0 Å². The third-order valence-corrected chi connectivity index (χ3v) is 5.15. The number of rotatable bonds is 3. The van der Waals surface area contributed by atoms with Gasteiger partial charge in [-0.05, 0) is 31.4 Å². The predicted molar refractivity (Wildman–Crippen MR) is 87.1 cm³/mol. The average Bonchev–Trinajstić information content (AvgIpc) is 3.03. The van der Waals surface area contributed by atoms with Gasteiger partial charge in [0.2, 0.25) is 0 Å². The number of pyridine rings is 1. The molecule has 22 heavy (non-hydrogen) atoms. The number of aromatic nitrogens is 5. The smallest absolute Gasteiger partial charge is 0.191 e. The molecule has 0 saturated carbocycles. The minimum Gasteiger partial charge on any atom is -0.307 e. The Kier molecular flexibility index (Phi) is 3.62. The van der Waals surface area contributed by atoms with Crippen LogP contribution < -0.4 is 0 Å². The normalized spacial score (nSPS) is 15.0. The molecule has 114 valence electrons. The molecule has 0 aromatic carbocycles. The third kappa shape index (κ3) is 2.52. The maximum absolute atomic E-state index is 4.73. The summed E-state index contributed by atoms with van der Waals surface area (Å²) in [6, 6.07) is 4.15. The highest BCUT2D eigenvalue weighted by Crippen LogP contribution is 2.25. The molecule has 6 heteroatoms. The van der Waals surface area contributed by atoms with E-state index in [0.29, 0.717) is 0 Å².